The molecular formula is C30H48O. The molecule has 5 rings (SSSR count). The SMILES string of the molecule is C=C(C)[C@@H]1CC[C@@H](C)[C@@H]2CCC(C)=C[C@@H]21.CC1=C[C@H]2[C@@H](CC1)[C@H](C)CC[C@H]2C1(C)CO1. The van der Waals surface area contributed by atoms with E-state index in [0.29, 0.717) is 0 Å². The van der Waals surface area contributed by atoms with Gasteiger partial charge in [0.05, 0.1) is 12.2 Å². The van der Waals surface area contributed by atoms with E-state index < -0.39 is 0 Å². The van der Waals surface area contributed by atoms with Gasteiger partial charge in [-0.3, -0.25) is 0 Å². The smallest absolute Gasteiger partial charge is 0.0922 e. The lowest BCUT2D eigenvalue weighted by atomic mass is 9.60. The van der Waals surface area contributed by atoms with Crippen LogP contribution in [-0.4, -0.2) is 12.2 Å². The third kappa shape index (κ3) is 4.92. The van der Waals surface area contributed by atoms with Crippen molar-refractivity contribution >= 4 is 0 Å². The van der Waals surface area contributed by atoms with Gasteiger partial charge in [-0.2, -0.15) is 0 Å². The first-order valence-electron chi connectivity index (χ1n) is 13.3. The van der Waals surface area contributed by atoms with Crippen molar-refractivity contribution in [1.82, 2.24) is 0 Å². The molecule has 0 N–H and O–H groups in total. The molecule has 1 heteroatoms. The quantitative estimate of drug-likeness (QED) is 0.320. The molecule has 1 unspecified atom stereocenters. The molecule has 1 nitrogen and oxygen atoms in total. The van der Waals surface area contributed by atoms with Gasteiger partial charge >= 0.3 is 0 Å². The minimum Gasteiger partial charge on any atom is -0.370 e. The predicted molar refractivity (Wildman–Crippen MR) is 133 cm³/mol. The first kappa shape index (κ1) is 23.3. The summed E-state index contributed by atoms with van der Waals surface area (Å²) >= 11 is 0. The summed E-state index contributed by atoms with van der Waals surface area (Å²) in [7, 11) is 0. The van der Waals surface area contributed by atoms with Crippen LogP contribution in [0.15, 0.2) is 35.5 Å². The Balaban J connectivity index is 0.000000150. The Labute approximate surface area is 192 Å². The maximum absolute atomic E-state index is 5.73. The van der Waals surface area contributed by atoms with Crippen LogP contribution in [0.5, 0.6) is 0 Å². The number of allylic oxidation sites excluding steroid dienone is 5. The summed E-state index contributed by atoms with van der Waals surface area (Å²) in [6.45, 7) is 19.2. The fraction of sp³-hybridized carbons (Fsp3) is 0.800. The molecule has 0 aromatic carbocycles. The fourth-order valence-corrected chi connectivity index (χ4v) is 7.71. The number of fused-ring (bicyclic) bond motifs is 2. The van der Waals surface area contributed by atoms with Crippen LogP contribution in [0.1, 0.15) is 92.9 Å². The van der Waals surface area contributed by atoms with E-state index in [2.05, 4.69) is 60.3 Å². The first-order chi connectivity index (χ1) is 14.7. The van der Waals surface area contributed by atoms with Gasteiger partial charge in [0.2, 0.25) is 0 Å². The molecule has 4 aliphatic carbocycles. The fourth-order valence-electron chi connectivity index (χ4n) is 7.71. The van der Waals surface area contributed by atoms with Gasteiger partial charge in [0.1, 0.15) is 0 Å². The molecule has 0 aromatic heterocycles. The summed E-state index contributed by atoms with van der Waals surface area (Å²) in [6, 6.07) is 0. The Morgan fingerprint density at radius 2 is 1.39 bits per heavy atom. The molecule has 3 fully saturated rings. The van der Waals surface area contributed by atoms with Crippen molar-refractivity contribution < 1.29 is 4.74 Å². The maximum Gasteiger partial charge on any atom is 0.0922 e. The van der Waals surface area contributed by atoms with Gasteiger partial charge in [0, 0.05) is 0 Å². The molecule has 1 aliphatic heterocycles. The Kier molecular flexibility index (Phi) is 6.93. The second kappa shape index (κ2) is 9.20. The van der Waals surface area contributed by atoms with E-state index in [4.69, 9.17) is 4.74 Å². The lowest BCUT2D eigenvalue weighted by Crippen LogP contribution is -2.40. The Morgan fingerprint density at radius 3 is 1.94 bits per heavy atom. The zero-order valence-electron chi connectivity index (χ0n) is 21.3. The average molecular weight is 425 g/mol. The summed E-state index contributed by atoms with van der Waals surface area (Å²) < 4.78 is 5.73. The molecular weight excluding hydrogens is 376 g/mol. The van der Waals surface area contributed by atoms with Crippen LogP contribution in [0.2, 0.25) is 0 Å². The second-order valence-corrected chi connectivity index (χ2v) is 12.4. The highest BCUT2D eigenvalue weighted by Crippen LogP contribution is 2.53. The number of ether oxygens (including phenoxy) is 1. The first-order valence-corrected chi connectivity index (χ1v) is 13.3. The van der Waals surface area contributed by atoms with E-state index in [1.54, 1.807) is 11.1 Å². The molecule has 0 radical (unpaired) electrons. The van der Waals surface area contributed by atoms with Crippen molar-refractivity contribution in [2.45, 2.75) is 98.5 Å². The van der Waals surface area contributed by atoms with Gasteiger partial charge < -0.3 is 4.74 Å². The maximum atomic E-state index is 5.73. The van der Waals surface area contributed by atoms with Crippen molar-refractivity contribution in [2.24, 2.45) is 47.3 Å². The van der Waals surface area contributed by atoms with Crippen molar-refractivity contribution in [1.29, 1.82) is 0 Å². The van der Waals surface area contributed by atoms with E-state index >= 15 is 0 Å². The minimum atomic E-state index is 0.233. The highest BCUT2D eigenvalue weighted by Gasteiger charge is 2.53. The third-order valence-corrected chi connectivity index (χ3v) is 9.96. The van der Waals surface area contributed by atoms with E-state index in [0.717, 1.165) is 54.0 Å². The minimum absolute atomic E-state index is 0.233. The van der Waals surface area contributed by atoms with Gasteiger partial charge in [-0.05, 0) is 120 Å². The monoisotopic (exact) mass is 424 g/mol. The predicted octanol–water partition coefficient (Wildman–Crippen LogP) is 8.38. The van der Waals surface area contributed by atoms with E-state index in [-0.39, 0.29) is 5.60 Å². The van der Waals surface area contributed by atoms with E-state index in [9.17, 15) is 0 Å². The molecule has 0 bridgehead atoms. The van der Waals surface area contributed by atoms with Gasteiger partial charge in [-0.1, -0.05) is 55.7 Å². The summed E-state index contributed by atoms with van der Waals surface area (Å²) in [5.41, 5.74) is 4.86. The number of rotatable bonds is 2. The van der Waals surface area contributed by atoms with Crippen molar-refractivity contribution in [3.8, 4) is 0 Å². The molecule has 9 atom stereocenters. The molecule has 0 amide bonds. The largest absolute Gasteiger partial charge is 0.370 e. The van der Waals surface area contributed by atoms with Gasteiger partial charge in [0.25, 0.3) is 0 Å². The summed E-state index contributed by atoms with van der Waals surface area (Å²) in [4.78, 5) is 0. The molecule has 1 heterocycles. The average Bonchev–Trinajstić information content (AvgIpc) is 3.46. The topological polar surface area (TPSA) is 12.5 Å². The van der Waals surface area contributed by atoms with Crippen LogP contribution in [0.25, 0.3) is 0 Å². The standard InChI is InChI=1S/C15H24O.C15H24/c1-10-4-6-12-11(2)5-7-14(13(12)8-10)15(3)9-16-15;1-10(2)13-8-6-12(4)14-7-5-11(3)9-15(13)14/h8,11-14H,4-7,9H2,1-3H3;9,12-15H,1,5-8H2,2-4H3/t11-,12+,13+,14-,15?;12-,13+,14+,15-/m11/s1. The van der Waals surface area contributed by atoms with Crippen LogP contribution in [0.4, 0.5) is 0 Å². The number of epoxide rings is 1. The lowest BCUT2D eigenvalue weighted by molar-refractivity contribution is 0.0637. The van der Waals surface area contributed by atoms with Crippen LogP contribution in [0.3, 0.4) is 0 Å². The Morgan fingerprint density at radius 1 is 0.871 bits per heavy atom. The molecule has 0 spiro atoms. The molecule has 174 valence electrons. The summed E-state index contributed by atoms with van der Waals surface area (Å²) in [5.74, 6) is 6.89. The van der Waals surface area contributed by atoms with Crippen molar-refractivity contribution in [2.75, 3.05) is 6.61 Å². The van der Waals surface area contributed by atoms with Gasteiger partial charge in [-0.15, -0.1) is 0 Å². The van der Waals surface area contributed by atoms with E-state index in [1.807, 2.05) is 0 Å². The molecule has 1 saturated heterocycles. The van der Waals surface area contributed by atoms with Crippen molar-refractivity contribution in [3.05, 3.63) is 35.5 Å². The highest BCUT2D eigenvalue weighted by molar-refractivity contribution is 5.16. The lowest BCUT2D eigenvalue weighted by Gasteiger charge is -2.45. The Bertz CT molecular complexity index is 723. The van der Waals surface area contributed by atoms with Crippen LogP contribution < -0.4 is 0 Å². The third-order valence-electron chi connectivity index (χ3n) is 9.96. The molecule has 31 heavy (non-hydrogen) atoms. The summed E-state index contributed by atoms with van der Waals surface area (Å²) in [6.07, 6.45) is 16.2. The summed E-state index contributed by atoms with van der Waals surface area (Å²) in [5, 5.41) is 0. The van der Waals surface area contributed by atoms with Crippen LogP contribution in [0, 0.1) is 47.3 Å². The normalized spacial score (nSPS) is 46.4. The highest BCUT2D eigenvalue weighted by atomic mass is 16.6. The zero-order valence-corrected chi connectivity index (χ0v) is 21.3. The van der Waals surface area contributed by atoms with Crippen molar-refractivity contribution in [3.63, 3.8) is 0 Å². The number of hydrogen-bond acceptors (Lipinski definition) is 1. The van der Waals surface area contributed by atoms with Crippen LogP contribution in [-0.2, 0) is 4.74 Å². The molecule has 5 aliphatic rings. The second-order valence-electron chi connectivity index (χ2n) is 12.4. The molecule has 2 saturated carbocycles. The Hall–Kier alpha value is -0.820. The van der Waals surface area contributed by atoms with E-state index in [1.165, 1.54) is 56.9 Å². The zero-order chi connectivity index (χ0) is 22.3. The van der Waals surface area contributed by atoms with Gasteiger partial charge in [-0.25, -0.2) is 0 Å². The molecule has 0 aromatic rings. The van der Waals surface area contributed by atoms with Gasteiger partial charge in [0.15, 0.2) is 0 Å². The van der Waals surface area contributed by atoms with Crippen LogP contribution >= 0.6 is 0 Å². The number of hydrogen-bond donors (Lipinski definition) is 0.